The van der Waals surface area contributed by atoms with Crippen molar-refractivity contribution >= 4 is 28.4 Å². The van der Waals surface area contributed by atoms with Crippen LogP contribution in [0.25, 0.3) is 22.3 Å². The smallest absolute Gasteiger partial charge is 0.0465 e. The summed E-state index contributed by atoms with van der Waals surface area (Å²) in [6, 6.07) is 51.4. The minimum Gasteiger partial charge on any atom is -0.345 e. The van der Waals surface area contributed by atoms with E-state index in [4.69, 9.17) is 0 Å². The van der Waals surface area contributed by atoms with Gasteiger partial charge in [0.1, 0.15) is 0 Å². The molecule has 0 bridgehead atoms. The average molecular weight is 583 g/mol. The third kappa shape index (κ3) is 4.16. The Kier molecular flexibility index (Phi) is 6.09. The molecule has 0 unspecified atom stereocenters. The average Bonchev–Trinajstić information content (AvgIpc) is 3.45. The second kappa shape index (κ2) is 9.97. The van der Waals surface area contributed by atoms with E-state index in [9.17, 15) is 0 Å². The van der Waals surface area contributed by atoms with Crippen molar-refractivity contribution in [1.29, 1.82) is 0 Å². The van der Waals surface area contributed by atoms with E-state index in [0.717, 1.165) is 11.4 Å². The summed E-state index contributed by atoms with van der Waals surface area (Å²) in [6.07, 6.45) is 0. The van der Waals surface area contributed by atoms with Crippen LogP contribution in [-0.2, 0) is 10.8 Å². The summed E-state index contributed by atoms with van der Waals surface area (Å²) >= 11 is 0. The molecule has 0 amide bonds. The van der Waals surface area contributed by atoms with Gasteiger partial charge >= 0.3 is 0 Å². The van der Waals surface area contributed by atoms with E-state index in [0.29, 0.717) is 0 Å². The lowest BCUT2D eigenvalue weighted by atomic mass is 9.82. The van der Waals surface area contributed by atoms with Crippen LogP contribution in [0.1, 0.15) is 49.9 Å². The van der Waals surface area contributed by atoms with Gasteiger partial charge in [-0.1, -0.05) is 107 Å². The molecule has 0 spiro atoms. The molecule has 2 nitrogen and oxygen atoms in total. The van der Waals surface area contributed by atoms with Crippen LogP contribution in [0.5, 0.6) is 0 Å². The highest BCUT2D eigenvalue weighted by Gasteiger charge is 2.37. The number of benzene rings is 6. The zero-order chi connectivity index (χ0) is 30.9. The van der Waals surface area contributed by atoms with Crippen LogP contribution >= 0.6 is 0 Å². The third-order valence-electron chi connectivity index (χ3n) is 10.3. The van der Waals surface area contributed by atoms with Crippen LogP contribution < -0.4 is 9.80 Å². The first-order chi connectivity index (χ1) is 21.7. The normalized spacial score (nSPS) is 14.7. The SMILES string of the molecule is CN(c1ccccc1)c1ccc(N(c2ccc3c(c2)C(C)(C)c2ccccc2-3)c2ccc3c(c2)C(C)(C)c2ccccc2-3)cc1. The molecule has 220 valence electrons. The lowest BCUT2D eigenvalue weighted by Gasteiger charge is -2.30. The van der Waals surface area contributed by atoms with Crippen molar-refractivity contribution in [3.63, 3.8) is 0 Å². The quantitative estimate of drug-likeness (QED) is 0.199. The first-order valence-corrected chi connectivity index (χ1v) is 15.9. The number of hydrogen-bond acceptors (Lipinski definition) is 2. The van der Waals surface area contributed by atoms with Crippen LogP contribution in [0.2, 0.25) is 0 Å². The standard InChI is InChI=1S/C43H38N2/c1-42(2)38-17-11-9-15-34(38)36-25-23-32(27-40(36)42)45(31-21-19-30(20-22-31)44(5)29-13-7-6-8-14-29)33-24-26-37-35-16-10-12-18-39(35)43(3,4)41(37)28-33/h6-28H,1-5H3. The summed E-state index contributed by atoms with van der Waals surface area (Å²) < 4.78 is 0. The Hall–Kier alpha value is -5.08. The first kappa shape index (κ1) is 27.5. The maximum atomic E-state index is 2.44. The molecule has 2 aliphatic rings. The lowest BCUT2D eigenvalue weighted by molar-refractivity contribution is 0.660. The zero-order valence-electron chi connectivity index (χ0n) is 26.7. The molecule has 0 heterocycles. The Morgan fingerprint density at radius 2 is 0.733 bits per heavy atom. The number of rotatable bonds is 5. The fourth-order valence-corrected chi connectivity index (χ4v) is 7.74. The number of nitrogens with zero attached hydrogens (tertiary/aromatic N) is 2. The van der Waals surface area contributed by atoms with Gasteiger partial charge in [-0.3, -0.25) is 0 Å². The molecule has 45 heavy (non-hydrogen) atoms. The Morgan fingerprint density at radius 3 is 1.24 bits per heavy atom. The van der Waals surface area contributed by atoms with Crippen molar-refractivity contribution in [2.24, 2.45) is 0 Å². The van der Waals surface area contributed by atoms with Crippen molar-refractivity contribution in [2.45, 2.75) is 38.5 Å². The molecule has 8 rings (SSSR count). The molecule has 2 aliphatic carbocycles. The molecule has 6 aromatic carbocycles. The molecule has 0 saturated carbocycles. The summed E-state index contributed by atoms with van der Waals surface area (Å²) in [7, 11) is 2.13. The number of anilines is 5. The summed E-state index contributed by atoms with van der Waals surface area (Å²) in [5.41, 5.74) is 16.6. The fourth-order valence-electron chi connectivity index (χ4n) is 7.74. The van der Waals surface area contributed by atoms with Gasteiger partial charge in [-0.15, -0.1) is 0 Å². The maximum Gasteiger partial charge on any atom is 0.0465 e. The van der Waals surface area contributed by atoms with Gasteiger partial charge in [0.25, 0.3) is 0 Å². The van der Waals surface area contributed by atoms with E-state index in [-0.39, 0.29) is 10.8 Å². The Bertz CT molecular complexity index is 1960. The van der Waals surface area contributed by atoms with E-state index >= 15 is 0 Å². The van der Waals surface area contributed by atoms with E-state index in [2.05, 4.69) is 184 Å². The number of para-hydroxylation sites is 1. The number of fused-ring (bicyclic) bond motifs is 6. The molecule has 6 aromatic rings. The minimum absolute atomic E-state index is 0.0720. The largest absolute Gasteiger partial charge is 0.345 e. The van der Waals surface area contributed by atoms with Crippen molar-refractivity contribution in [3.05, 3.63) is 162 Å². The third-order valence-corrected chi connectivity index (χ3v) is 10.3. The zero-order valence-corrected chi connectivity index (χ0v) is 26.7. The van der Waals surface area contributed by atoms with Gasteiger partial charge in [0.15, 0.2) is 0 Å². The molecular formula is C43H38N2. The van der Waals surface area contributed by atoms with Crippen LogP contribution in [0.4, 0.5) is 28.4 Å². The molecular weight excluding hydrogens is 544 g/mol. The second-order valence-electron chi connectivity index (χ2n) is 13.5. The van der Waals surface area contributed by atoms with Crippen molar-refractivity contribution in [2.75, 3.05) is 16.8 Å². The van der Waals surface area contributed by atoms with Crippen molar-refractivity contribution < 1.29 is 0 Å². The predicted molar refractivity (Wildman–Crippen MR) is 191 cm³/mol. The Balaban J connectivity index is 1.27. The van der Waals surface area contributed by atoms with E-state index in [1.54, 1.807) is 0 Å². The van der Waals surface area contributed by atoms with E-state index in [1.807, 2.05) is 0 Å². The van der Waals surface area contributed by atoms with Crippen molar-refractivity contribution in [1.82, 2.24) is 0 Å². The monoisotopic (exact) mass is 582 g/mol. The molecule has 0 aliphatic heterocycles. The minimum atomic E-state index is -0.0720. The summed E-state index contributed by atoms with van der Waals surface area (Å²) in [5.74, 6) is 0. The molecule has 0 atom stereocenters. The van der Waals surface area contributed by atoms with E-state index in [1.165, 1.54) is 61.6 Å². The molecule has 0 aromatic heterocycles. The molecule has 0 fully saturated rings. The van der Waals surface area contributed by atoms with Gasteiger partial charge < -0.3 is 9.80 Å². The van der Waals surface area contributed by atoms with Gasteiger partial charge in [-0.25, -0.2) is 0 Å². The molecule has 2 heteroatoms. The first-order valence-electron chi connectivity index (χ1n) is 15.9. The molecule has 0 N–H and O–H groups in total. The lowest BCUT2D eigenvalue weighted by Crippen LogP contribution is -2.18. The highest BCUT2D eigenvalue weighted by molar-refractivity contribution is 5.88. The maximum absolute atomic E-state index is 2.44. The highest BCUT2D eigenvalue weighted by atomic mass is 15.1. The summed E-state index contributed by atoms with van der Waals surface area (Å²) in [6.45, 7) is 9.43. The van der Waals surface area contributed by atoms with Crippen LogP contribution in [-0.4, -0.2) is 7.05 Å². The fraction of sp³-hybridized carbons (Fsp3) is 0.163. The topological polar surface area (TPSA) is 6.48 Å². The Morgan fingerprint density at radius 1 is 0.356 bits per heavy atom. The second-order valence-corrected chi connectivity index (χ2v) is 13.5. The van der Waals surface area contributed by atoms with Crippen LogP contribution in [0.3, 0.4) is 0 Å². The number of hydrogen-bond donors (Lipinski definition) is 0. The van der Waals surface area contributed by atoms with Gasteiger partial charge in [0, 0.05) is 46.3 Å². The van der Waals surface area contributed by atoms with E-state index < -0.39 is 0 Å². The van der Waals surface area contributed by atoms with Gasteiger partial charge in [-0.2, -0.15) is 0 Å². The molecule has 0 radical (unpaired) electrons. The van der Waals surface area contributed by atoms with Gasteiger partial charge in [0.05, 0.1) is 0 Å². The molecule has 0 saturated heterocycles. The summed E-state index contributed by atoms with van der Waals surface area (Å²) in [4.78, 5) is 4.67. The van der Waals surface area contributed by atoms with Gasteiger partial charge in [-0.05, 0) is 105 Å². The summed E-state index contributed by atoms with van der Waals surface area (Å²) in [5, 5.41) is 0. The predicted octanol–water partition coefficient (Wildman–Crippen LogP) is 11.5. The van der Waals surface area contributed by atoms with Gasteiger partial charge in [0.2, 0.25) is 0 Å². The Labute approximate surface area is 267 Å². The van der Waals surface area contributed by atoms with Crippen LogP contribution in [0.15, 0.2) is 140 Å². The van der Waals surface area contributed by atoms with Crippen molar-refractivity contribution in [3.8, 4) is 22.3 Å². The van der Waals surface area contributed by atoms with Crippen LogP contribution in [0, 0.1) is 0 Å². The highest BCUT2D eigenvalue weighted by Crippen LogP contribution is 2.53.